The van der Waals surface area contributed by atoms with Gasteiger partial charge in [-0.3, -0.25) is 0 Å². The van der Waals surface area contributed by atoms with Gasteiger partial charge < -0.3 is 10.2 Å². The van der Waals surface area contributed by atoms with Crippen LogP contribution in [0.15, 0.2) is 65.7 Å². The van der Waals surface area contributed by atoms with Crippen LogP contribution >= 0.6 is 0 Å². The first-order chi connectivity index (χ1) is 11.1. The molecule has 1 N–H and O–H groups in total. The highest BCUT2D eigenvalue weighted by Gasteiger charge is 2.34. The molecule has 1 aliphatic rings. The molecule has 118 valence electrons. The van der Waals surface area contributed by atoms with Gasteiger partial charge in [-0.15, -0.1) is 0 Å². The van der Waals surface area contributed by atoms with Crippen LogP contribution in [0.25, 0.3) is 0 Å². The Balaban J connectivity index is 1.75. The van der Waals surface area contributed by atoms with E-state index in [1.54, 1.807) is 0 Å². The SMILES string of the molecule is CC1/C(=N\C(=O)Nc2ccccc2)N(C)CC1c1ccccc1. The molecule has 4 nitrogen and oxygen atoms in total. The van der Waals surface area contributed by atoms with Gasteiger partial charge in [-0.25, -0.2) is 4.79 Å². The molecule has 1 heterocycles. The van der Waals surface area contributed by atoms with Gasteiger partial charge in [0, 0.05) is 31.1 Å². The largest absolute Gasteiger partial charge is 0.362 e. The Kier molecular flexibility index (Phi) is 4.42. The Hall–Kier alpha value is -2.62. The van der Waals surface area contributed by atoms with Crippen molar-refractivity contribution in [1.29, 1.82) is 0 Å². The van der Waals surface area contributed by atoms with Gasteiger partial charge >= 0.3 is 6.03 Å². The van der Waals surface area contributed by atoms with E-state index in [1.165, 1.54) is 5.56 Å². The molecule has 2 amide bonds. The van der Waals surface area contributed by atoms with Gasteiger partial charge in [-0.1, -0.05) is 55.5 Å². The molecule has 2 atom stereocenters. The maximum absolute atomic E-state index is 12.2. The van der Waals surface area contributed by atoms with E-state index in [9.17, 15) is 4.79 Å². The van der Waals surface area contributed by atoms with E-state index in [2.05, 4.69) is 46.4 Å². The third kappa shape index (κ3) is 3.42. The summed E-state index contributed by atoms with van der Waals surface area (Å²) in [6, 6.07) is 19.5. The average molecular weight is 307 g/mol. The van der Waals surface area contributed by atoms with Gasteiger partial charge in [0.05, 0.1) is 0 Å². The van der Waals surface area contributed by atoms with Crippen LogP contribution in [0.3, 0.4) is 0 Å². The molecule has 2 aromatic carbocycles. The lowest BCUT2D eigenvalue weighted by molar-refractivity contribution is 0.259. The number of aliphatic imine (C=N–C) groups is 1. The Morgan fingerprint density at radius 2 is 1.70 bits per heavy atom. The smallest absolute Gasteiger partial charge is 0.347 e. The zero-order chi connectivity index (χ0) is 16.2. The van der Waals surface area contributed by atoms with Crippen LogP contribution in [0.1, 0.15) is 18.4 Å². The van der Waals surface area contributed by atoms with Crippen molar-refractivity contribution < 1.29 is 4.79 Å². The van der Waals surface area contributed by atoms with E-state index >= 15 is 0 Å². The highest BCUT2D eigenvalue weighted by Crippen LogP contribution is 2.33. The summed E-state index contributed by atoms with van der Waals surface area (Å²) in [5.41, 5.74) is 2.05. The van der Waals surface area contributed by atoms with Gasteiger partial charge in [-0.2, -0.15) is 4.99 Å². The molecule has 0 saturated carbocycles. The molecule has 0 aliphatic carbocycles. The second-order valence-corrected chi connectivity index (χ2v) is 5.95. The van der Waals surface area contributed by atoms with Gasteiger partial charge in [-0.05, 0) is 17.7 Å². The molecule has 3 rings (SSSR count). The molecule has 1 saturated heterocycles. The van der Waals surface area contributed by atoms with Gasteiger partial charge in [0.1, 0.15) is 5.84 Å². The molecule has 4 heteroatoms. The second-order valence-electron chi connectivity index (χ2n) is 5.95. The number of nitrogens with one attached hydrogen (secondary N) is 1. The standard InChI is InChI=1S/C19H21N3O/c1-14-17(15-9-5-3-6-10-15)13-22(2)18(14)21-19(23)20-16-11-7-4-8-12-16/h3-12,14,17H,13H2,1-2H3,(H,20,23)/b21-18+. The topological polar surface area (TPSA) is 44.7 Å². The lowest BCUT2D eigenvalue weighted by Gasteiger charge is -2.14. The molecule has 0 radical (unpaired) electrons. The number of amides is 2. The normalized spacial score (nSPS) is 22.3. The van der Waals surface area contributed by atoms with Crippen molar-refractivity contribution in [2.24, 2.45) is 10.9 Å². The third-order valence-electron chi connectivity index (χ3n) is 4.34. The number of hydrogen-bond acceptors (Lipinski definition) is 1. The summed E-state index contributed by atoms with van der Waals surface area (Å²) >= 11 is 0. The first kappa shape index (κ1) is 15.3. The summed E-state index contributed by atoms with van der Waals surface area (Å²) < 4.78 is 0. The number of rotatable bonds is 2. The maximum Gasteiger partial charge on any atom is 0.347 e. The zero-order valence-electron chi connectivity index (χ0n) is 13.4. The summed E-state index contributed by atoms with van der Waals surface area (Å²) in [6.07, 6.45) is 0. The lowest BCUT2D eigenvalue weighted by Crippen LogP contribution is -2.24. The van der Waals surface area contributed by atoms with Crippen molar-refractivity contribution in [2.75, 3.05) is 18.9 Å². The molecule has 23 heavy (non-hydrogen) atoms. The van der Waals surface area contributed by atoms with Crippen molar-refractivity contribution in [3.8, 4) is 0 Å². The number of amidine groups is 1. The van der Waals surface area contributed by atoms with Gasteiger partial charge in [0.2, 0.25) is 0 Å². The number of carbonyl (C=O) groups is 1. The number of likely N-dealkylation sites (N-methyl/N-ethyl adjacent to an activating group) is 1. The summed E-state index contributed by atoms with van der Waals surface area (Å²) in [5.74, 6) is 1.42. The average Bonchev–Trinajstić information content (AvgIpc) is 2.85. The summed E-state index contributed by atoms with van der Waals surface area (Å²) in [6.45, 7) is 3.01. The number of urea groups is 1. The maximum atomic E-state index is 12.2. The first-order valence-electron chi connectivity index (χ1n) is 7.86. The molecule has 2 aromatic rings. The molecule has 2 unspecified atom stereocenters. The number of benzene rings is 2. The Morgan fingerprint density at radius 1 is 1.09 bits per heavy atom. The van der Waals surface area contributed by atoms with E-state index < -0.39 is 0 Å². The quantitative estimate of drug-likeness (QED) is 0.912. The van der Waals surface area contributed by atoms with E-state index in [-0.39, 0.29) is 11.9 Å². The highest BCUT2D eigenvalue weighted by molar-refractivity contribution is 6.01. The first-order valence-corrected chi connectivity index (χ1v) is 7.86. The summed E-state index contributed by atoms with van der Waals surface area (Å²) in [4.78, 5) is 18.6. The fraction of sp³-hybridized carbons (Fsp3) is 0.263. The summed E-state index contributed by atoms with van der Waals surface area (Å²) in [7, 11) is 1.99. The predicted molar refractivity (Wildman–Crippen MR) is 93.9 cm³/mol. The van der Waals surface area contributed by atoms with Crippen molar-refractivity contribution in [3.05, 3.63) is 66.2 Å². The number of hydrogen-bond donors (Lipinski definition) is 1. The predicted octanol–water partition coefficient (Wildman–Crippen LogP) is 3.98. The fourth-order valence-corrected chi connectivity index (χ4v) is 3.13. The van der Waals surface area contributed by atoms with Crippen molar-refractivity contribution >= 4 is 17.6 Å². The fourth-order valence-electron chi connectivity index (χ4n) is 3.13. The Bertz CT molecular complexity index is 697. The number of anilines is 1. The van der Waals surface area contributed by atoms with Crippen molar-refractivity contribution in [1.82, 2.24) is 4.90 Å². The number of nitrogens with zero attached hydrogens (tertiary/aromatic N) is 2. The molecular formula is C19H21N3O. The van der Waals surface area contributed by atoms with Crippen LogP contribution in [0.4, 0.5) is 10.5 Å². The Morgan fingerprint density at radius 3 is 2.35 bits per heavy atom. The van der Waals surface area contributed by atoms with E-state index in [4.69, 9.17) is 0 Å². The van der Waals surface area contributed by atoms with Crippen LogP contribution in [0.5, 0.6) is 0 Å². The molecule has 0 aromatic heterocycles. The molecular weight excluding hydrogens is 286 g/mol. The minimum atomic E-state index is -0.321. The monoisotopic (exact) mass is 307 g/mol. The van der Waals surface area contributed by atoms with Crippen molar-refractivity contribution in [3.63, 3.8) is 0 Å². The summed E-state index contributed by atoms with van der Waals surface area (Å²) in [5, 5.41) is 2.81. The van der Waals surface area contributed by atoms with E-state index in [0.717, 1.165) is 18.1 Å². The van der Waals surface area contributed by atoms with E-state index in [1.807, 2.05) is 43.4 Å². The van der Waals surface area contributed by atoms with Crippen LogP contribution in [0.2, 0.25) is 0 Å². The van der Waals surface area contributed by atoms with Crippen molar-refractivity contribution in [2.45, 2.75) is 12.8 Å². The Labute approximate surface area is 136 Å². The number of likely N-dealkylation sites (tertiary alicyclic amines) is 1. The molecule has 0 spiro atoms. The molecule has 1 aliphatic heterocycles. The van der Waals surface area contributed by atoms with Crippen LogP contribution < -0.4 is 5.32 Å². The number of carbonyl (C=O) groups excluding carboxylic acids is 1. The van der Waals surface area contributed by atoms with Crippen LogP contribution in [-0.4, -0.2) is 30.4 Å². The van der Waals surface area contributed by atoms with Crippen LogP contribution in [0, 0.1) is 5.92 Å². The minimum Gasteiger partial charge on any atom is -0.362 e. The third-order valence-corrected chi connectivity index (χ3v) is 4.34. The van der Waals surface area contributed by atoms with Crippen LogP contribution in [-0.2, 0) is 0 Å². The lowest BCUT2D eigenvalue weighted by atomic mass is 9.90. The van der Waals surface area contributed by atoms with Gasteiger partial charge in [0.25, 0.3) is 0 Å². The highest BCUT2D eigenvalue weighted by atomic mass is 16.2. The van der Waals surface area contributed by atoms with E-state index in [0.29, 0.717) is 5.92 Å². The molecule has 0 bridgehead atoms. The molecule has 1 fully saturated rings. The minimum absolute atomic E-state index is 0.212. The zero-order valence-corrected chi connectivity index (χ0v) is 13.4. The van der Waals surface area contributed by atoms with Gasteiger partial charge in [0.15, 0.2) is 0 Å². The number of para-hydroxylation sites is 1. The second kappa shape index (κ2) is 6.65.